The van der Waals surface area contributed by atoms with Crippen LogP contribution in [0.2, 0.25) is 5.02 Å². The normalized spacial score (nSPS) is 12.6. The van der Waals surface area contributed by atoms with Gasteiger partial charge in [-0.2, -0.15) is 11.8 Å². The Bertz CT molecular complexity index is 577. The lowest BCUT2D eigenvalue weighted by Crippen LogP contribution is -2.44. The average Bonchev–Trinajstić information content (AvgIpc) is 2.39. The number of alkyl carbamates (subject to hydrolysis) is 1. The molecule has 1 rings (SSSR count). The topological polar surface area (TPSA) is 75.6 Å². The fraction of sp³-hybridized carbons (Fsp3) is 0.467. The van der Waals surface area contributed by atoms with Gasteiger partial charge in [-0.3, -0.25) is 0 Å². The van der Waals surface area contributed by atoms with Crippen LogP contribution in [0.25, 0.3) is 0 Å². The predicted molar refractivity (Wildman–Crippen MR) is 88.4 cm³/mol. The maximum Gasteiger partial charge on any atom is 0.408 e. The number of aliphatic carboxylic acids is 1. The molecule has 8 heteroatoms. The summed E-state index contributed by atoms with van der Waals surface area (Å²) in [7, 11) is 0. The van der Waals surface area contributed by atoms with Crippen LogP contribution >= 0.6 is 23.4 Å². The van der Waals surface area contributed by atoms with Gasteiger partial charge < -0.3 is 15.2 Å². The molecule has 0 aliphatic heterocycles. The van der Waals surface area contributed by atoms with Gasteiger partial charge in [0.1, 0.15) is 17.5 Å². The van der Waals surface area contributed by atoms with Crippen LogP contribution in [0.3, 0.4) is 0 Å². The van der Waals surface area contributed by atoms with Crippen molar-refractivity contribution in [2.75, 3.05) is 5.75 Å². The molecule has 23 heavy (non-hydrogen) atoms. The molecule has 1 unspecified atom stereocenters. The van der Waals surface area contributed by atoms with Crippen molar-refractivity contribution in [1.82, 2.24) is 5.32 Å². The van der Waals surface area contributed by atoms with Crippen LogP contribution in [-0.4, -0.2) is 34.6 Å². The third kappa shape index (κ3) is 7.56. The number of nitrogens with one attached hydrogen (secondary N) is 1. The highest BCUT2D eigenvalue weighted by Gasteiger charge is 2.23. The molecule has 1 amide bonds. The van der Waals surface area contributed by atoms with Gasteiger partial charge in [-0.1, -0.05) is 17.7 Å². The van der Waals surface area contributed by atoms with Crippen molar-refractivity contribution in [3.63, 3.8) is 0 Å². The lowest BCUT2D eigenvalue weighted by Gasteiger charge is -2.21. The number of thioether (sulfide) groups is 1. The molecular weight excluding hydrogens is 345 g/mol. The number of hydrogen-bond donors (Lipinski definition) is 2. The highest BCUT2D eigenvalue weighted by molar-refractivity contribution is 7.98. The SMILES string of the molecule is CC(C)(C)OC(=O)NC(CSCc1ccc(Cl)c(F)c1)C(=O)O. The van der Waals surface area contributed by atoms with Gasteiger partial charge in [-0.05, 0) is 38.5 Å². The number of benzene rings is 1. The van der Waals surface area contributed by atoms with Crippen LogP contribution < -0.4 is 5.32 Å². The van der Waals surface area contributed by atoms with Crippen molar-refractivity contribution in [1.29, 1.82) is 0 Å². The van der Waals surface area contributed by atoms with Crippen molar-refractivity contribution in [2.24, 2.45) is 0 Å². The van der Waals surface area contributed by atoms with E-state index in [1.807, 2.05) is 0 Å². The summed E-state index contributed by atoms with van der Waals surface area (Å²) >= 11 is 6.85. The van der Waals surface area contributed by atoms with Gasteiger partial charge in [0.2, 0.25) is 0 Å². The van der Waals surface area contributed by atoms with Crippen molar-refractivity contribution in [3.05, 3.63) is 34.6 Å². The van der Waals surface area contributed by atoms with Gasteiger partial charge in [0.15, 0.2) is 0 Å². The van der Waals surface area contributed by atoms with Crippen LogP contribution in [0.4, 0.5) is 9.18 Å². The number of rotatable bonds is 6. The van der Waals surface area contributed by atoms with Gasteiger partial charge >= 0.3 is 12.1 Å². The van der Waals surface area contributed by atoms with Crippen molar-refractivity contribution in [3.8, 4) is 0 Å². The van der Waals surface area contributed by atoms with E-state index in [-0.39, 0.29) is 10.8 Å². The number of hydrogen-bond acceptors (Lipinski definition) is 4. The quantitative estimate of drug-likeness (QED) is 0.806. The summed E-state index contributed by atoms with van der Waals surface area (Å²) < 4.78 is 18.3. The Hall–Kier alpha value is -1.47. The second-order valence-electron chi connectivity index (χ2n) is 5.80. The summed E-state index contributed by atoms with van der Waals surface area (Å²) in [6.07, 6.45) is -0.789. The number of carbonyl (C=O) groups excluding carboxylic acids is 1. The number of halogens is 2. The van der Waals surface area contributed by atoms with E-state index in [0.29, 0.717) is 11.3 Å². The van der Waals surface area contributed by atoms with E-state index in [1.165, 1.54) is 23.9 Å². The van der Waals surface area contributed by atoms with Crippen LogP contribution in [0.1, 0.15) is 26.3 Å². The molecule has 0 radical (unpaired) electrons. The minimum Gasteiger partial charge on any atom is -0.480 e. The maximum absolute atomic E-state index is 13.3. The molecule has 0 saturated heterocycles. The van der Waals surface area contributed by atoms with Crippen LogP contribution in [-0.2, 0) is 15.3 Å². The zero-order chi connectivity index (χ0) is 17.6. The first-order valence-electron chi connectivity index (χ1n) is 6.82. The molecule has 0 spiro atoms. The number of ether oxygens (including phenoxy) is 1. The Morgan fingerprint density at radius 1 is 1.43 bits per heavy atom. The predicted octanol–water partition coefficient (Wildman–Crippen LogP) is 3.69. The zero-order valence-electron chi connectivity index (χ0n) is 13.1. The van der Waals surface area contributed by atoms with Gasteiger partial charge in [0, 0.05) is 11.5 Å². The molecule has 1 aromatic rings. The van der Waals surface area contributed by atoms with Gasteiger partial charge in [-0.25, -0.2) is 14.0 Å². The molecule has 0 fully saturated rings. The lowest BCUT2D eigenvalue weighted by atomic mass is 10.2. The molecule has 0 bridgehead atoms. The van der Waals surface area contributed by atoms with E-state index in [9.17, 15) is 14.0 Å². The van der Waals surface area contributed by atoms with E-state index in [0.717, 1.165) is 0 Å². The van der Waals surface area contributed by atoms with E-state index in [4.69, 9.17) is 21.4 Å². The standard InChI is InChI=1S/C15H19ClFNO4S/c1-15(2,3)22-14(21)18-12(13(19)20)8-23-7-9-4-5-10(16)11(17)6-9/h4-6,12H,7-8H2,1-3H3,(H,18,21)(H,19,20). The number of carboxylic acid groups (broad SMARTS) is 1. The van der Waals surface area contributed by atoms with Crippen molar-refractivity contribution < 1.29 is 23.8 Å². The van der Waals surface area contributed by atoms with Crippen molar-refractivity contribution >= 4 is 35.4 Å². The van der Waals surface area contributed by atoms with Gasteiger partial charge in [0.05, 0.1) is 5.02 Å². The average molecular weight is 364 g/mol. The molecular formula is C15H19ClFNO4S. The smallest absolute Gasteiger partial charge is 0.408 e. The van der Waals surface area contributed by atoms with Crippen LogP contribution in [0.15, 0.2) is 18.2 Å². The minimum absolute atomic E-state index is 0.0359. The first-order valence-corrected chi connectivity index (χ1v) is 8.36. The summed E-state index contributed by atoms with van der Waals surface area (Å²) in [5.74, 6) is -1.16. The summed E-state index contributed by atoms with van der Waals surface area (Å²) in [4.78, 5) is 22.8. The van der Waals surface area contributed by atoms with E-state index >= 15 is 0 Å². The van der Waals surface area contributed by atoms with Gasteiger partial charge in [0.25, 0.3) is 0 Å². The zero-order valence-corrected chi connectivity index (χ0v) is 14.6. The third-order valence-corrected chi connectivity index (χ3v) is 3.94. The largest absolute Gasteiger partial charge is 0.480 e. The molecule has 2 N–H and O–H groups in total. The molecule has 0 saturated carbocycles. The molecule has 0 aromatic heterocycles. The highest BCUT2D eigenvalue weighted by atomic mass is 35.5. The Balaban J connectivity index is 2.52. The Morgan fingerprint density at radius 2 is 2.09 bits per heavy atom. The fourth-order valence-electron chi connectivity index (χ4n) is 1.55. The van der Waals surface area contributed by atoms with Crippen LogP contribution in [0, 0.1) is 5.82 Å². The minimum atomic E-state index is -1.16. The Labute approximate surface area is 143 Å². The Kier molecular flexibility index (Phi) is 7.15. The Morgan fingerprint density at radius 3 is 2.61 bits per heavy atom. The summed E-state index contributed by atoms with van der Waals surface area (Å²) in [5.41, 5.74) is -0.0282. The molecule has 1 atom stereocenters. The molecule has 0 heterocycles. The van der Waals surface area contributed by atoms with Gasteiger partial charge in [-0.15, -0.1) is 0 Å². The monoisotopic (exact) mass is 363 g/mol. The first kappa shape index (κ1) is 19.6. The molecule has 0 aliphatic carbocycles. The van der Waals surface area contributed by atoms with E-state index in [1.54, 1.807) is 26.8 Å². The van der Waals surface area contributed by atoms with Crippen LogP contribution in [0.5, 0.6) is 0 Å². The summed E-state index contributed by atoms with van der Waals surface area (Å²) in [6.45, 7) is 5.06. The third-order valence-electron chi connectivity index (χ3n) is 2.53. The summed E-state index contributed by atoms with van der Waals surface area (Å²) in [6, 6.07) is 3.31. The molecule has 128 valence electrons. The fourth-order valence-corrected chi connectivity index (χ4v) is 2.66. The van der Waals surface area contributed by atoms with E-state index in [2.05, 4.69) is 5.32 Å². The maximum atomic E-state index is 13.3. The number of amides is 1. The van der Waals surface area contributed by atoms with E-state index < -0.39 is 29.5 Å². The van der Waals surface area contributed by atoms with Crippen molar-refractivity contribution in [2.45, 2.75) is 38.2 Å². The molecule has 1 aromatic carbocycles. The molecule has 5 nitrogen and oxygen atoms in total. The second-order valence-corrected chi connectivity index (χ2v) is 7.24. The first-order chi connectivity index (χ1) is 10.6. The summed E-state index contributed by atoms with van der Waals surface area (Å²) in [5, 5.41) is 11.5. The second kappa shape index (κ2) is 8.40. The molecule has 0 aliphatic rings. The number of carboxylic acids is 1. The number of carbonyl (C=O) groups is 2. The highest BCUT2D eigenvalue weighted by Crippen LogP contribution is 2.19. The lowest BCUT2D eigenvalue weighted by molar-refractivity contribution is -0.138.